The highest BCUT2D eigenvalue weighted by molar-refractivity contribution is 7.98. The van der Waals surface area contributed by atoms with Crippen LogP contribution in [0.3, 0.4) is 0 Å². The molecule has 3 heteroatoms. The maximum atomic E-state index is 3.57. The van der Waals surface area contributed by atoms with Crippen molar-refractivity contribution in [2.45, 2.75) is 32.7 Å². The van der Waals surface area contributed by atoms with Crippen LogP contribution < -0.4 is 5.32 Å². The van der Waals surface area contributed by atoms with Crippen molar-refractivity contribution < 1.29 is 0 Å². The van der Waals surface area contributed by atoms with E-state index in [-0.39, 0.29) is 0 Å². The summed E-state index contributed by atoms with van der Waals surface area (Å²) < 4.78 is 0. The van der Waals surface area contributed by atoms with E-state index in [9.17, 15) is 0 Å². The van der Waals surface area contributed by atoms with Crippen LogP contribution in [0.4, 0.5) is 0 Å². The molecule has 1 aromatic rings. The maximum Gasteiger partial charge on any atom is 0.0386 e. The minimum atomic E-state index is 0.512. The number of hydrogen-bond acceptors (Lipinski definition) is 3. The van der Waals surface area contributed by atoms with Gasteiger partial charge in [-0.1, -0.05) is 0 Å². The van der Waals surface area contributed by atoms with Gasteiger partial charge in [-0.3, -0.25) is 0 Å². The Hall–Kier alpha value is 0.01000. The van der Waals surface area contributed by atoms with Gasteiger partial charge in [0.15, 0.2) is 0 Å². The minimum absolute atomic E-state index is 0.512. The zero-order chi connectivity index (χ0) is 11.1. The van der Waals surface area contributed by atoms with Gasteiger partial charge < -0.3 is 5.32 Å². The van der Waals surface area contributed by atoms with Crippen molar-refractivity contribution in [1.29, 1.82) is 0 Å². The Labute approximate surface area is 102 Å². The van der Waals surface area contributed by atoms with Crippen LogP contribution in [0.25, 0.3) is 0 Å². The highest BCUT2D eigenvalue weighted by Gasteiger charge is 2.05. The third-order valence-corrected chi connectivity index (χ3v) is 4.29. The van der Waals surface area contributed by atoms with Crippen LogP contribution in [0.1, 0.15) is 35.6 Å². The summed E-state index contributed by atoms with van der Waals surface area (Å²) in [5, 5.41) is 3.57. The third-order valence-electron chi connectivity index (χ3n) is 2.41. The van der Waals surface area contributed by atoms with Crippen molar-refractivity contribution in [3.05, 3.63) is 21.9 Å². The zero-order valence-corrected chi connectivity index (χ0v) is 11.5. The van der Waals surface area contributed by atoms with E-state index in [1.807, 2.05) is 23.1 Å². The molecule has 0 aromatic carbocycles. The van der Waals surface area contributed by atoms with Gasteiger partial charge in [0.2, 0.25) is 0 Å². The summed E-state index contributed by atoms with van der Waals surface area (Å²) >= 11 is 3.83. The Morgan fingerprint density at radius 2 is 2.20 bits per heavy atom. The summed E-state index contributed by atoms with van der Waals surface area (Å²) in [6, 6.07) is 4.95. The quantitative estimate of drug-likeness (QED) is 0.730. The van der Waals surface area contributed by atoms with Crippen LogP contribution in [0.15, 0.2) is 12.1 Å². The molecular formula is C12H21NS2. The second-order valence-electron chi connectivity index (χ2n) is 3.82. The van der Waals surface area contributed by atoms with Gasteiger partial charge in [-0.25, -0.2) is 0 Å². The number of rotatable bonds is 7. The molecule has 0 aliphatic rings. The highest BCUT2D eigenvalue weighted by atomic mass is 32.2. The Morgan fingerprint density at radius 1 is 1.40 bits per heavy atom. The number of thioether (sulfide) groups is 1. The molecule has 0 spiro atoms. The molecule has 1 N–H and O–H groups in total. The van der Waals surface area contributed by atoms with E-state index in [2.05, 4.69) is 37.6 Å². The van der Waals surface area contributed by atoms with E-state index in [1.165, 1.54) is 28.3 Å². The molecule has 0 aliphatic heterocycles. The average Bonchev–Trinajstić information content (AvgIpc) is 2.64. The first-order valence-corrected chi connectivity index (χ1v) is 7.73. The Morgan fingerprint density at radius 3 is 2.80 bits per heavy atom. The molecule has 0 saturated heterocycles. The van der Waals surface area contributed by atoms with E-state index in [0.717, 1.165) is 6.54 Å². The molecule has 1 aromatic heterocycles. The molecule has 1 heterocycles. The number of aryl methyl sites for hydroxylation is 1. The topological polar surface area (TPSA) is 12.0 Å². The molecular weight excluding hydrogens is 222 g/mol. The van der Waals surface area contributed by atoms with Gasteiger partial charge in [-0.2, -0.15) is 11.8 Å². The fraction of sp³-hybridized carbons (Fsp3) is 0.667. The minimum Gasteiger partial charge on any atom is -0.309 e. The van der Waals surface area contributed by atoms with Gasteiger partial charge in [0, 0.05) is 15.8 Å². The summed E-state index contributed by atoms with van der Waals surface area (Å²) in [7, 11) is 0. The van der Waals surface area contributed by atoms with Gasteiger partial charge in [-0.05, 0) is 57.4 Å². The number of nitrogens with one attached hydrogen (secondary N) is 1. The molecule has 1 unspecified atom stereocenters. The van der Waals surface area contributed by atoms with E-state index < -0.39 is 0 Å². The van der Waals surface area contributed by atoms with Gasteiger partial charge in [-0.15, -0.1) is 11.3 Å². The van der Waals surface area contributed by atoms with Gasteiger partial charge in [0.1, 0.15) is 0 Å². The fourth-order valence-corrected chi connectivity index (χ4v) is 2.87. The van der Waals surface area contributed by atoms with Crippen molar-refractivity contribution >= 4 is 23.1 Å². The molecule has 0 amide bonds. The lowest BCUT2D eigenvalue weighted by Crippen LogP contribution is -2.19. The lowest BCUT2D eigenvalue weighted by atomic mass is 10.2. The predicted molar refractivity (Wildman–Crippen MR) is 73.1 cm³/mol. The zero-order valence-electron chi connectivity index (χ0n) is 9.88. The van der Waals surface area contributed by atoms with Crippen LogP contribution >= 0.6 is 23.1 Å². The summed E-state index contributed by atoms with van der Waals surface area (Å²) in [5.41, 5.74) is 0. The lowest BCUT2D eigenvalue weighted by Gasteiger charge is -2.11. The van der Waals surface area contributed by atoms with Gasteiger partial charge in [0.05, 0.1) is 0 Å². The summed E-state index contributed by atoms with van der Waals surface area (Å²) in [6.45, 7) is 5.55. The van der Waals surface area contributed by atoms with Crippen molar-refractivity contribution in [3.63, 3.8) is 0 Å². The fourth-order valence-electron chi connectivity index (χ4n) is 1.48. The Bertz CT molecular complexity index is 270. The molecule has 0 aliphatic carbocycles. The van der Waals surface area contributed by atoms with Crippen molar-refractivity contribution in [2.24, 2.45) is 0 Å². The van der Waals surface area contributed by atoms with Crippen molar-refractivity contribution in [3.8, 4) is 0 Å². The normalized spacial score (nSPS) is 13.0. The summed E-state index contributed by atoms with van der Waals surface area (Å²) in [5.74, 6) is 1.29. The smallest absolute Gasteiger partial charge is 0.0386 e. The molecule has 0 radical (unpaired) electrons. The lowest BCUT2D eigenvalue weighted by molar-refractivity contribution is 0.562. The molecule has 15 heavy (non-hydrogen) atoms. The van der Waals surface area contributed by atoms with Crippen LogP contribution in [0, 0.1) is 6.92 Å². The SMILES string of the molecule is CSCCCCNC(C)c1ccc(C)s1. The Kier molecular flexibility index (Phi) is 6.37. The summed E-state index contributed by atoms with van der Waals surface area (Å²) in [6.07, 6.45) is 4.78. The first-order valence-electron chi connectivity index (χ1n) is 5.52. The average molecular weight is 243 g/mol. The number of unbranched alkanes of at least 4 members (excludes halogenated alkanes) is 1. The van der Waals surface area contributed by atoms with E-state index in [4.69, 9.17) is 0 Å². The monoisotopic (exact) mass is 243 g/mol. The third kappa shape index (κ3) is 5.05. The van der Waals surface area contributed by atoms with Crippen LogP contribution in [0.2, 0.25) is 0 Å². The van der Waals surface area contributed by atoms with E-state index >= 15 is 0 Å². The second-order valence-corrected chi connectivity index (χ2v) is 6.13. The van der Waals surface area contributed by atoms with E-state index in [0.29, 0.717) is 6.04 Å². The van der Waals surface area contributed by atoms with Gasteiger partial charge >= 0.3 is 0 Å². The van der Waals surface area contributed by atoms with Crippen molar-refractivity contribution in [2.75, 3.05) is 18.6 Å². The molecule has 0 bridgehead atoms. The first-order chi connectivity index (χ1) is 7.24. The second kappa shape index (κ2) is 7.31. The van der Waals surface area contributed by atoms with E-state index in [1.54, 1.807) is 0 Å². The molecule has 86 valence electrons. The van der Waals surface area contributed by atoms with Crippen LogP contribution in [0.5, 0.6) is 0 Å². The molecule has 1 nitrogen and oxygen atoms in total. The standard InChI is InChI=1S/C12H21NS2/c1-10-6-7-12(15-10)11(2)13-8-4-5-9-14-3/h6-7,11,13H,4-5,8-9H2,1-3H3. The first kappa shape index (κ1) is 13.1. The van der Waals surface area contributed by atoms with Gasteiger partial charge in [0.25, 0.3) is 0 Å². The molecule has 0 fully saturated rings. The largest absolute Gasteiger partial charge is 0.309 e. The predicted octanol–water partition coefficient (Wildman–Crippen LogP) is 3.85. The van der Waals surface area contributed by atoms with Crippen molar-refractivity contribution in [1.82, 2.24) is 5.32 Å². The van der Waals surface area contributed by atoms with Crippen LogP contribution in [-0.4, -0.2) is 18.6 Å². The molecule has 1 atom stereocenters. The highest BCUT2D eigenvalue weighted by Crippen LogP contribution is 2.22. The maximum absolute atomic E-state index is 3.57. The molecule has 0 saturated carbocycles. The van der Waals surface area contributed by atoms with Crippen LogP contribution in [-0.2, 0) is 0 Å². The Balaban J connectivity index is 2.16. The summed E-state index contributed by atoms with van der Waals surface area (Å²) in [4.78, 5) is 2.86. The number of thiophene rings is 1. The number of hydrogen-bond donors (Lipinski definition) is 1. The molecule has 1 rings (SSSR count).